The summed E-state index contributed by atoms with van der Waals surface area (Å²) in [4.78, 5) is 30.0. The van der Waals surface area contributed by atoms with Crippen LogP contribution in [0.3, 0.4) is 0 Å². The minimum atomic E-state index is -0.450. The Morgan fingerprint density at radius 3 is 2.21 bits per heavy atom. The van der Waals surface area contributed by atoms with Crippen LogP contribution in [0, 0.1) is 20.2 Å². The summed E-state index contributed by atoms with van der Waals surface area (Å²) in [6.45, 7) is 0.771. The van der Waals surface area contributed by atoms with Gasteiger partial charge in [-0.25, -0.2) is 9.98 Å². The first-order chi connectivity index (χ1) is 13.5. The second kappa shape index (κ2) is 7.24. The number of aromatic nitrogens is 2. The van der Waals surface area contributed by atoms with Crippen molar-refractivity contribution in [2.75, 3.05) is 5.75 Å². The van der Waals surface area contributed by atoms with Crippen LogP contribution in [-0.4, -0.2) is 31.4 Å². The number of fused-ring (bicyclic) bond motifs is 1. The van der Waals surface area contributed by atoms with E-state index in [1.165, 1.54) is 24.3 Å². The zero-order valence-corrected chi connectivity index (χ0v) is 15.2. The summed E-state index contributed by atoms with van der Waals surface area (Å²) in [5.41, 5.74) is 2.15. The Labute approximate surface area is 163 Å². The summed E-state index contributed by atoms with van der Waals surface area (Å²) in [7, 11) is 0. The molecule has 4 rings (SSSR count). The van der Waals surface area contributed by atoms with E-state index < -0.39 is 9.85 Å². The van der Waals surface area contributed by atoms with Gasteiger partial charge in [-0.3, -0.25) is 20.2 Å². The molecule has 2 heterocycles. The SMILES string of the molecule is O=[N+]([O-])c1ccc(/C=N/c2c(-c3ccc([N+](=O)[O-])cc3)nc3n2CCS3)cc1. The van der Waals surface area contributed by atoms with Crippen LogP contribution < -0.4 is 0 Å². The standard InChI is InChI=1S/C18H13N5O4S/c24-22(25)14-5-1-12(2-6-14)11-19-17-16(20-18-21(17)9-10-28-18)13-3-7-15(8-4-13)23(26)27/h1-8,11H,9-10H2/b19-11+. The molecule has 0 saturated heterocycles. The van der Waals surface area contributed by atoms with Crippen LogP contribution in [0.2, 0.25) is 0 Å². The molecule has 2 aromatic carbocycles. The first kappa shape index (κ1) is 17.9. The molecule has 10 heteroatoms. The normalized spacial score (nSPS) is 13.0. The molecule has 9 nitrogen and oxygen atoms in total. The number of nitro benzene ring substituents is 2. The summed E-state index contributed by atoms with van der Waals surface area (Å²) >= 11 is 1.63. The van der Waals surface area contributed by atoms with Gasteiger partial charge in [0.2, 0.25) is 0 Å². The molecular formula is C18H13N5O4S. The third kappa shape index (κ3) is 3.37. The molecule has 0 atom stereocenters. The summed E-state index contributed by atoms with van der Waals surface area (Å²) in [5.74, 6) is 1.57. The Morgan fingerprint density at radius 1 is 1.00 bits per heavy atom. The molecule has 3 aromatic rings. The van der Waals surface area contributed by atoms with Crippen LogP contribution in [0.4, 0.5) is 17.2 Å². The number of benzene rings is 2. The number of hydrogen-bond donors (Lipinski definition) is 0. The number of non-ortho nitro benzene ring substituents is 2. The van der Waals surface area contributed by atoms with E-state index in [1.54, 1.807) is 42.2 Å². The van der Waals surface area contributed by atoms with Gasteiger partial charge < -0.3 is 4.57 Å². The molecule has 0 unspecified atom stereocenters. The third-order valence-corrected chi connectivity index (χ3v) is 5.20. The van der Waals surface area contributed by atoms with Crippen molar-refractivity contribution in [3.63, 3.8) is 0 Å². The number of nitro groups is 2. The maximum atomic E-state index is 10.9. The van der Waals surface area contributed by atoms with E-state index in [0.29, 0.717) is 11.5 Å². The Morgan fingerprint density at radius 2 is 1.61 bits per heavy atom. The van der Waals surface area contributed by atoms with E-state index in [0.717, 1.165) is 28.6 Å². The molecule has 0 saturated carbocycles. The lowest BCUT2D eigenvalue weighted by molar-refractivity contribution is -0.385. The summed E-state index contributed by atoms with van der Waals surface area (Å²) < 4.78 is 2.00. The molecule has 0 bridgehead atoms. The van der Waals surface area contributed by atoms with Crippen LogP contribution in [0.25, 0.3) is 11.3 Å². The van der Waals surface area contributed by atoms with Crippen molar-refractivity contribution in [3.8, 4) is 11.3 Å². The molecule has 1 aliphatic heterocycles. The lowest BCUT2D eigenvalue weighted by Crippen LogP contribution is -1.94. The van der Waals surface area contributed by atoms with E-state index in [9.17, 15) is 20.2 Å². The maximum absolute atomic E-state index is 10.9. The summed E-state index contributed by atoms with van der Waals surface area (Å²) in [6.07, 6.45) is 1.63. The van der Waals surface area contributed by atoms with Gasteiger partial charge in [-0.05, 0) is 29.8 Å². The number of thioether (sulfide) groups is 1. The molecule has 1 aromatic heterocycles. The second-order valence-electron chi connectivity index (χ2n) is 5.98. The van der Waals surface area contributed by atoms with E-state index in [4.69, 9.17) is 0 Å². The van der Waals surface area contributed by atoms with E-state index in [1.807, 2.05) is 4.57 Å². The predicted octanol–water partition coefficient (Wildman–Crippen LogP) is 4.22. The smallest absolute Gasteiger partial charge is 0.269 e. The fraction of sp³-hybridized carbons (Fsp3) is 0.111. The van der Waals surface area contributed by atoms with E-state index in [2.05, 4.69) is 9.98 Å². The number of nitrogens with zero attached hydrogens (tertiary/aromatic N) is 5. The van der Waals surface area contributed by atoms with E-state index >= 15 is 0 Å². The van der Waals surface area contributed by atoms with Crippen molar-refractivity contribution >= 4 is 35.2 Å². The molecule has 28 heavy (non-hydrogen) atoms. The average Bonchev–Trinajstić information content (AvgIpc) is 3.28. The Hall–Kier alpha value is -3.53. The van der Waals surface area contributed by atoms with Gasteiger partial charge in [-0.1, -0.05) is 11.8 Å². The topological polar surface area (TPSA) is 116 Å². The zero-order chi connectivity index (χ0) is 19.7. The van der Waals surface area contributed by atoms with Crippen molar-refractivity contribution in [3.05, 3.63) is 74.3 Å². The first-order valence-electron chi connectivity index (χ1n) is 8.29. The highest BCUT2D eigenvalue weighted by Crippen LogP contribution is 2.38. The third-order valence-electron chi connectivity index (χ3n) is 4.24. The number of aliphatic imine (C=N–C) groups is 1. The minimum absolute atomic E-state index is 0.0146. The van der Waals surface area contributed by atoms with Gasteiger partial charge in [0.15, 0.2) is 11.0 Å². The molecular weight excluding hydrogens is 382 g/mol. The fourth-order valence-electron chi connectivity index (χ4n) is 2.85. The van der Waals surface area contributed by atoms with Gasteiger partial charge in [0, 0.05) is 48.3 Å². The van der Waals surface area contributed by atoms with Crippen LogP contribution in [0.1, 0.15) is 5.56 Å². The average molecular weight is 395 g/mol. The highest BCUT2D eigenvalue weighted by molar-refractivity contribution is 7.99. The molecule has 0 amide bonds. The lowest BCUT2D eigenvalue weighted by atomic mass is 10.1. The van der Waals surface area contributed by atoms with Crippen molar-refractivity contribution in [2.45, 2.75) is 11.7 Å². The van der Waals surface area contributed by atoms with E-state index in [-0.39, 0.29) is 11.4 Å². The summed E-state index contributed by atoms with van der Waals surface area (Å²) in [6, 6.07) is 12.3. The van der Waals surface area contributed by atoms with Crippen molar-refractivity contribution in [1.82, 2.24) is 9.55 Å². The van der Waals surface area contributed by atoms with Crippen LogP contribution in [0.5, 0.6) is 0 Å². The monoisotopic (exact) mass is 395 g/mol. The van der Waals surface area contributed by atoms with Gasteiger partial charge in [0.25, 0.3) is 11.4 Å². The molecule has 0 N–H and O–H groups in total. The van der Waals surface area contributed by atoms with Crippen LogP contribution in [0.15, 0.2) is 58.7 Å². The van der Waals surface area contributed by atoms with Crippen LogP contribution in [-0.2, 0) is 6.54 Å². The molecule has 0 fully saturated rings. The maximum Gasteiger partial charge on any atom is 0.269 e. The molecule has 0 spiro atoms. The zero-order valence-electron chi connectivity index (χ0n) is 14.4. The molecule has 0 aliphatic carbocycles. The van der Waals surface area contributed by atoms with Gasteiger partial charge in [0.1, 0.15) is 5.69 Å². The molecule has 140 valence electrons. The first-order valence-corrected chi connectivity index (χ1v) is 9.28. The van der Waals surface area contributed by atoms with Gasteiger partial charge >= 0.3 is 0 Å². The quantitative estimate of drug-likeness (QED) is 0.363. The molecule has 1 aliphatic rings. The largest absolute Gasteiger partial charge is 0.303 e. The van der Waals surface area contributed by atoms with Crippen molar-refractivity contribution < 1.29 is 9.85 Å². The lowest BCUT2D eigenvalue weighted by Gasteiger charge is -2.03. The predicted molar refractivity (Wildman–Crippen MR) is 105 cm³/mol. The Kier molecular flexibility index (Phi) is 4.62. The van der Waals surface area contributed by atoms with Gasteiger partial charge in [-0.2, -0.15) is 0 Å². The van der Waals surface area contributed by atoms with Crippen molar-refractivity contribution in [1.29, 1.82) is 0 Å². The highest BCUT2D eigenvalue weighted by atomic mass is 32.2. The Bertz CT molecular complexity index is 1090. The fourth-order valence-corrected chi connectivity index (χ4v) is 3.79. The number of hydrogen-bond acceptors (Lipinski definition) is 7. The highest BCUT2D eigenvalue weighted by Gasteiger charge is 2.22. The number of rotatable bonds is 5. The number of imidazole rings is 1. The van der Waals surface area contributed by atoms with Crippen LogP contribution >= 0.6 is 11.8 Å². The second-order valence-corrected chi connectivity index (χ2v) is 7.04. The summed E-state index contributed by atoms with van der Waals surface area (Å²) in [5, 5.41) is 22.5. The van der Waals surface area contributed by atoms with Gasteiger partial charge in [0.05, 0.1) is 9.85 Å². The minimum Gasteiger partial charge on any atom is -0.303 e. The molecule has 0 radical (unpaired) electrons. The Balaban J connectivity index is 1.70. The van der Waals surface area contributed by atoms with Gasteiger partial charge in [-0.15, -0.1) is 0 Å². The van der Waals surface area contributed by atoms with Crippen molar-refractivity contribution in [2.24, 2.45) is 4.99 Å².